The molecule has 0 bridgehead atoms. The van der Waals surface area contributed by atoms with E-state index in [1.165, 1.54) is 11.1 Å². The molecule has 96 valence electrons. The summed E-state index contributed by atoms with van der Waals surface area (Å²) in [5.41, 5.74) is 3.49. The van der Waals surface area contributed by atoms with E-state index in [0.717, 1.165) is 18.5 Å². The van der Waals surface area contributed by atoms with Crippen molar-refractivity contribution in [3.8, 4) is 6.07 Å². The minimum atomic E-state index is -0.152. The van der Waals surface area contributed by atoms with Crippen molar-refractivity contribution in [2.45, 2.75) is 25.8 Å². The fourth-order valence-electron chi connectivity index (χ4n) is 2.05. The number of nitriles is 1. The molecule has 0 aliphatic heterocycles. The van der Waals surface area contributed by atoms with Crippen molar-refractivity contribution in [3.05, 3.63) is 65.7 Å². The Kier molecular flexibility index (Phi) is 4.58. The number of hydrogen-bond donors (Lipinski definition) is 1. The lowest BCUT2D eigenvalue weighted by Crippen LogP contribution is -2.18. The van der Waals surface area contributed by atoms with E-state index in [4.69, 9.17) is 0 Å². The Morgan fingerprint density at radius 1 is 1.05 bits per heavy atom. The number of benzene rings is 2. The summed E-state index contributed by atoms with van der Waals surface area (Å²) in [4.78, 5) is 0. The second-order valence-corrected chi connectivity index (χ2v) is 4.67. The summed E-state index contributed by atoms with van der Waals surface area (Å²) >= 11 is 0. The molecule has 2 aromatic carbocycles. The van der Waals surface area contributed by atoms with Gasteiger partial charge >= 0.3 is 0 Å². The fraction of sp³-hybridized carbons (Fsp3) is 0.235. The molecule has 0 fully saturated rings. The van der Waals surface area contributed by atoms with Gasteiger partial charge in [-0.2, -0.15) is 5.26 Å². The molecule has 0 aliphatic rings. The monoisotopic (exact) mass is 250 g/mol. The highest BCUT2D eigenvalue weighted by Gasteiger charge is 2.08. The Morgan fingerprint density at radius 2 is 1.74 bits per heavy atom. The fourth-order valence-corrected chi connectivity index (χ4v) is 2.05. The van der Waals surface area contributed by atoms with Crippen LogP contribution in [-0.2, 0) is 6.42 Å². The van der Waals surface area contributed by atoms with Crippen LogP contribution >= 0.6 is 0 Å². The maximum atomic E-state index is 9.24. The number of nitrogens with zero attached hydrogens (tertiary/aromatic N) is 1. The van der Waals surface area contributed by atoms with Gasteiger partial charge in [0.05, 0.1) is 6.07 Å². The first-order chi connectivity index (χ1) is 9.29. The molecule has 2 heteroatoms. The standard InChI is InChI=1S/C17H18N2/c1-14-7-5-6-10-17(14)19-16(13-18)12-11-15-8-3-2-4-9-15/h2-10,16,19H,11-12H2,1H3. The topological polar surface area (TPSA) is 35.8 Å². The van der Waals surface area contributed by atoms with E-state index in [-0.39, 0.29) is 6.04 Å². The second kappa shape index (κ2) is 6.61. The average Bonchev–Trinajstić information content (AvgIpc) is 2.46. The average molecular weight is 250 g/mol. The van der Waals surface area contributed by atoms with E-state index in [0.29, 0.717) is 0 Å². The third-order valence-corrected chi connectivity index (χ3v) is 3.20. The van der Waals surface area contributed by atoms with Crippen LogP contribution in [0.15, 0.2) is 54.6 Å². The summed E-state index contributed by atoms with van der Waals surface area (Å²) < 4.78 is 0. The molecule has 1 unspecified atom stereocenters. The second-order valence-electron chi connectivity index (χ2n) is 4.67. The molecule has 0 spiro atoms. The molecule has 0 radical (unpaired) electrons. The molecule has 0 aromatic heterocycles. The van der Waals surface area contributed by atoms with Crippen LogP contribution in [0, 0.1) is 18.3 Å². The molecular weight excluding hydrogens is 232 g/mol. The molecule has 0 aliphatic carbocycles. The molecule has 0 amide bonds. The lowest BCUT2D eigenvalue weighted by Gasteiger charge is -2.14. The van der Waals surface area contributed by atoms with E-state index < -0.39 is 0 Å². The predicted molar refractivity (Wildman–Crippen MR) is 79.0 cm³/mol. The number of rotatable bonds is 5. The molecule has 2 aromatic rings. The molecular formula is C17H18N2. The number of anilines is 1. The van der Waals surface area contributed by atoms with Gasteiger partial charge in [0.2, 0.25) is 0 Å². The lowest BCUT2D eigenvalue weighted by atomic mass is 10.1. The minimum Gasteiger partial charge on any atom is -0.370 e. The van der Waals surface area contributed by atoms with Crippen molar-refractivity contribution in [1.29, 1.82) is 5.26 Å². The van der Waals surface area contributed by atoms with E-state index >= 15 is 0 Å². The van der Waals surface area contributed by atoms with Crippen molar-refractivity contribution in [3.63, 3.8) is 0 Å². The summed E-state index contributed by atoms with van der Waals surface area (Å²) in [5, 5.41) is 12.5. The molecule has 0 heterocycles. The van der Waals surface area contributed by atoms with Crippen LogP contribution < -0.4 is 5.32 Å². The van der Waals surface area contributed by atoms with Crippen LogP contribution in [0.25, 0.3) is 0 Å². The zero-order chi connectivity index (χ0) is 13.5. The first-order valence-electron chi connectivity index (χ1n) is 6.55. The molecule has 1 N–H and O–H groups in total. The van der Waals surface area contributed by atoms with Crippen LogP contribution in [0.1, 0.15) is 17.5 Å². The van der Waals surface area contributed by atoms with Gasteiger partial charge in [0, 0.05) is 5.69 Å². The zero-order valence-corrected chi connectivity index (χ0v) is 11.1. The molecule has 19 heavy (non-hydrogen) atoms. The molecule has 0 saturated carbocycles. The van der Waals surface area contributed by atoms with Crippen molar-refractivity contribution in [1.82, 2.24) is 0 Å². The van der Waals surface area contributed by atoms with Crippen LogP contribution in [0.2, 0.25) is 0 Å². The molecule has 2 rings (SSSR count). The van der Waals surface area contributed by atoms with Crippen molar-refractivity contribution < 1.29 is 0 Å². The lowest BCUT2D eigenvalue weighted by molar-refractivity contribution is 0.768. The van der Waals surface area contributed by atoms with Crippen LogP contribution in [-0.4, -0.2) is 6.04 Å². The Hall–Kier alpha value is -2.27. The summed E-state index contributed by atoms with van der Waals surface area (Å²) in [6, 6.07) is 20.5. The number of hydrogen-bond acceptors (Lipinski definition) is 2. The predicted octanol–water partition coefficient (Wildman–Crippen LogP) is 3.93. The van der Waals surface area contributed by atoms with Gasteiger partial charge in [0.15, 0.2) is 0 Å². The van der Waals surface area contributed by atoms with Crippen molar-refractivity contribution >= 4 is 5.69 Å². The van der Waals surface area contributed by atoms with Crippen LogP contribution in [0.3, 0.4) is 0 Å². The Balaban J connectivity index is 1.95. The third-order valence-electron chi connectivity index (χ3n) is 3.20. The van der Waals surface area contributed by atoms with Crippen LogP contribution in [0.5, 0.6) is 0 Å². The summed E-state index contributed by atoms with van der Waals surface area (Å²) in [7, 11) is 0. The molecule has 1 atom stereocenters. The quantitative estimate of drug-likeness (QED) is 0.872. The van der Waals surface area contributed by atoms with E-state index in [2.05, 4.69) is 23.5 Å². The Morgan fingerprint density at radius 3 is 2.42 bits per heavy atom. The maximum Gasteiger partial charge on any atom is 0.114 e. The van der Waals surface area contributed by atoms with E-state index in [1.54, 1.807) is 0 Å². The zero-order valence-electron chi connectivity index (χ0n) is 11.1. The van der Waals surface area contributed by atoms with Crippen molar-refractivity contribution in [2.24, 2.45) is 0 Å². The van der Waals surface area contributed by atoms with Gasteiger partial charge in [-0.3, -0.25) is 0 Å². The number of nitrogens with one attached hydrogen (secondary N) is 1. The summed E-state index contributed by atoms with van der Waals surface area (Å²) in [6.45, 7) is 2.05. The Labute approximate surface area is 114 Å². The van der Waals surface area contributed by atoms with Gasteiger partial charge in [-0.15, -0.1) is 0 Å². The SMILES string of the molecule is Cc1ccccc1NC(C#N)CCc1ccccc1. The third kappa shape index (κ3) is 3.86. The number of aryl methyl sites for hydroxylation is 2. The summed E-state index contributed by atoms with van der Waals surface area (Å²) in [5.74, 6) is 0. The maximum absolute atomic E-state index is 9.24. The first-order valence-corrected chi connectivity index (χ1v) is 6.55. The van der Waals surface area contributed by atoms with Gasteiger partial charge in [-0.05, 0) is 37.0 Å². The normalized spacial score (nSPS) is 11.6. The smallest absolute Gasteiger partial charge is 0.114 e. The highest BCUT2D eigenvalue weighted by molar-refractivity contribution is 5.51. The highest BCUT2D eigenvalue weighted by atomic mass is 14.9. The molecule has 2 nitrogen and oxygen atoms in total. The Bertz CT molecular complexity index is 555. The van der Waals surface area contributed by atoms with E-state index in [1.807, 2.05) is 49.4 Å². The number of para-hydroxylation sites is 1. The van der Waals surface area contributed by atoms with E-state index in [9.17, 15) is 5.26 Å². The highest BCUT2D eigenvalue weighted by Crippen LogP contribution is 2.16. The van der Waals surface area contributed by atoms with Gasteiger partial charge in [0.1, 0.15) is 6.04 Å². The van der Waals surface area contributed by atoms with Gasteiger partial charge in [-0.25, -0.2) is 0 Å². The summed E-state index contributed by atoms with van der Waals surface area (Å²) in [6.07, 6.45) is 1.73. The van der Waals surface area contributed by atoms with Gasteiger partial charge in [-0.1, -0.05) is 48.5 Å². The largest absolute Gasteiger partial charge is 0.370 e. The van der Waals surface area contributed by atoms with Gasteiger partial charge in [0.25, 0.3) is 0 Å². The van der Waals surface area contributed by atoms with Gasteiger partial charge < -0.3 is 5.32 Å². The molecule has 0 saturated heterocycles. The van der Waals surface area contributed by atoms with Crippen molar-refractivity contribution in [2.75, 3.05) is 5.32 Å². The van der Waals surface area contributed by atoms with Crippen LogP contribution in [0.4, 0.5) is 5.69 Å². The minimum absolute atomic E-state index is 0.152. The first kappa shape index (κ1) is 13.2.